The van der Waals surface area contributed by atoms with Crippen molar-refractivity contribution in [1.82, 2.24) is 4.57 Å². The number of aryl methyl sites for hydroxylation is 2. The summed E-state index contributed by atoms with van der Waals surface area (Å²) < 4.78 is 5.10. The van der Waals surface area contributed by atoms with E-state index in [0.29, 0.717) is 0 Å². The summed E-state index contributed by atoms with van der Waals surface area (Å²) in [7, 11) is 0. The maximum absolute atomic E-state index is 2.56. The molecular weight excluding hydrogens is 388 g/mol. The molecule has 0 radical (unpaired) electrons. The van der Waals surface area contributed by atoms with Crippen LogP contribution in [0.4, 0.5) is 0 Å². The molecule has 0 aromatic carbocycles. The van der Waals surface area contributed by atoms with Crippen LogP contribution in [-0.4, -0.2) is 4.57 Å². The Kier molecular flexibility index (Phi) is 20.1. The number of hydrogen-bond donors (Lipinski definition) is 0. The van der Waals surface area contributed by atoms with Gasteiger partial charge in [0.05, 0.1) is 13.1 Å². The number of hydrogen-bond acceptors (Lipinski definition) is 0. The second kappa shape index (κ2) is 22.0. The first kappa shape index (κ1) is 29.2. The zero-order chi connectivity index (χ0) is 23.1. The highest BCUT2D eigenvalue weighted by atomic mass is 15.1. The minimum atomic E-state index is 1.20. The summed E-state index contributed by atoms with van der Waals surface area (Å²) in [6.45, 7) is 9.33. The average molecular weight is 448 g/mol. The van der Waals surface area contributed by atoms with Crippen molar-refractivity contribution in [3.05, 3.63) is 18.2 Å². The van der Waals surface area contributed by atoms with Gasteiger partial charge in [-0.2, -0.15) is 0 Å². The van der Waals surface area contributed by atoms with Crippen LogP contribution in [-0.2, 0) is 19.5 Å². The fourth-order valence-electron chi connectivity index (χ4n) is 4.88. The van der Waals surface area contributed by atoms with Gasteiger partial charge in [-0.3, -0.25) is 0 Å². The molecule has 2 heteroatoms. The van der Waals surface area contributed by atoms with Crippen LogP contribution in [0.15, 0.2) is 12.4 Å². The van der Waals surface area contributed by atoms with Crippen molar-refractivity contribution in [2.24, 2.45) is 0 Å². The van der Waals surface area contributed by atoms with Gasteiger partial charge in [0.1, 0.15) is 12.4 Å². The third-order valence-corrected chi connectivity index (χ3v) is 7.10. The van der Waals surface area contributed by atoms with Gasteiger partial charge in [0.2, 0.25) is 0 Å². The van der Waals surface area contributed by atoms with Crippen molar-refractivity contribution in [2.75, 3.05) is 0 Å². The van der Waals surface area contributed by atoms with Crippen molar-refractivity contribution in [2.45, 2.75) is 175 Å². The zero-order valence-corrected chi connectivity index (χ0v) is 22.5. The molecule has 0 unspecified atom stereocenters. The molecule has 0 saturated heterocycles. The van der Waals surface area contributed by atoms with Gasteiger partial charge in [-0.1, -0.05) is 130 Å². The fourth-order valence-corrected chi connectivity index (χ4v) is 4.88. The number of aromatic nitrogens is 2. The monoisotopic (exact) mass is 447 g/mol. The molecule has 1 rings (SSSR count). The van der Waals surface area contributed by atoms with Gasteiger partial charge in [-0.25, -0.2) is 9.13 Å². The maximum atomic E-state index is 2.56. The first-order valence-corrected chi connectivity index (χ1v) is 14.9. The molecule has 0 bridgehead atoms. The van der Waals surface area contributed by atoms with Gasteiger partial charge in [0.15, 0.2) is 0 Å². The lowest BCUT2D eigenvalue weighted by atomic mass is 10.0. The van der Waals surface area contributed by atoms with Gasteiger partial charge >= 0.3 is 0 Å². The molecular formula is C30H59N2+. The molecule has 0 saturated carbocycles. The Hall–Kier alpha value is -0.790. The van der Waals surface area contributed by atoms with E-state index in [0.717, 1.165) is 0 Å². The summed E-state index contributed by atoms with van der Waals surface area (Å²) in [6.07, 6.45) is 35.7. The van der Waals surface area contributed by atoms with Gasteiger partial charge in [0.25, 0.3) is 5.82 Å². The van der Waals surface area contributed by atoms with Crippen molar-refractivity contribution in [3.63, 3.8) is 0 Å². The SMILES string of the molecule is CCCCCCCCCCCCCCCCCCn1cc[n+](CCCC)c1CCCCC. The second-order valence-corrected chi connectivity index (χ2v) is 10.2. The topological polar surface area (TPSA) is 8.81 Å². The molecule has 0 atom stereocenters. The highest BCUT2D eigenvalue weighted by Crippen LogP contribution is 2.14. The molecule has 188 valence electrons. The molecule has 0 fully saturated rings. The van der Waals surface area contributed by atoms with Crippen LogP contribution >= 0.6 is 0 Å². The highest BCUT2D eigenvalue weighted by molar-refractivity contribution is 4.84. The van der Waals surface area contributed by atoms with E-state index in [1.807, 2.05) is 0 Å². The van der Waals surface area contributed by atoms with Crippen LogP contribution in [0.5, 0.6) is 0 Å². The van der Waals surface area contributed by atoms with Crippen LogP contribution in [0, 0.1) is 0 Å². The van der Waals surface area contributed by atoms with Crippen molar-refractivity contribution >= 4 is 0 Å². The molecule has 0 amide bonds. The normalized spacial score (nSPS) is 11.5. The minimum Gasteiger partial charge on any atom is -0.234 e. The Labute approximate surface area is 202 Å². The number of imidazole rings is 1. The summed E-state index contributed by atoms with van der Waals surface area (Å²) in [4.78, 5) is 0. The first-order valence-electron chi connectivity index (χ1n) is 14.9. The van der Waals surface area contributed by atoms with Crippen LogP contribution < -0.4 is 4.57 Å². The van der Waals surface area contributed by atoms with Crippen molar-refractivity contribution in [1.29, 1.82) is 0 Å². The fraction of sp³-hybridized carbons (Fsp3) is 0.900. The molecule has 0 spiro atoms. The highest BCUT2D eigenvalue weighted by Gasteiger charge is 2.15. The molecule has 1 aromatic rings. The summed E-state index contributed by atoms with van der Waals surface area (Å²) in [5.74, 6) is 1.58. The van der Waals surface area contributed by atoms with E-state index in [9.17, 15) is 0 Å². The predicted molar refractivity (Wildman–Crippen MR) is 142 cm³/mol. The van der Waals surface area contributed by atoms with Crippen molar-refractivity contribution < 1.29 is 4.57 Å². The van der Waals surface area contributed by atoms with Crippen LogP contribution in [0.2, 0.25) is 0 Å². The lowest BCUT2D eigenvalue weighted by molar-refractivity contribution is -0.704. The van der Waals surface area contributed by atoms with E-state index in [4.69, 9.17) is 0 Å². The van der Waals surface area contributed by atoms with Gasteiger partial charge in [0, 0.05) is 6.42 Å². The first-order chi connectivity index (χ1) is 15.8. The Morgan fingerprint density at radius 3 is 1.47 bits per heavy atom. The lowest BCUT2D eigenvalue weighted by Crippen LogP contribution is -2.37. The van der Waals surface area contributed by atoms with E-state index < -0.39 is 0 Å². The van der Waals surface area contributed by atoms with E-state index in [-0.39, 0.29) is 0 Å². The standard InChI is InChI=1S/C30H59N2/c1-4-7-10-11-12-13-14-15-16-17-18-19-20-21-22-24-27-32-29-28-31(26-9-6-3)30(32)25-23-8-5-2/h28-29H,4-27H2,1-3H3/q+1. The lowest BCUT2D eigenvalue weighted by Gasteiger charge is -2.06. The van der Waals surface area contributed by atoms with Crippen molar-refractivity contribution in [3.8, 4) is 0 Å². The summed E-state index contributed by atoms with van der Waals surface area (Å²) >= 11 is 0. The van der Waals surface area contributed by atoms with Gasteiger partial charge in [-0.15, -0.1) is 0 Å². The molecule has 0 aliphatic carbocycles. The minimum absolute atomic E-state index is 1.20. The van der Waals surface area contributed by atoms with Gasteiger partial charge in [-0.05, 0) is 25.7 Å². The second-order valence-electron chi connectivity index (χ2n) is 10.2. The molecule has 0 aliphatic rings. The average Bonchev–Trinajstić information content (AvgIpc) is 3.19. The summed E-state index contributed by atoms with van der Waals surface area (Å²) in [6, 6.07) is 0. The summed E-state index contributed by atoms with van der Waals surface area (Å²) in [5.41, 5.74) is 0. The predicted octanol–water partition coefficient (Wildman–Crippen LogP) is 9.57. The van der Waals surface area contributed by atoms with Crippen LogP contribution in [0.1, 0.15) is 161 Å². The molecule has 32 heavy (non-hydrogen) atoms. The third-order valence-electron chi connectivity index (χ3n) is 7.10. The van der Waals surface area contributed by atoms with E-state index in [1.165, 1.54) is 154 Å². The smallest absolute Gasteiger partial charge is 0.234 e. The Bertz CT molecular complexity index is 505. The third kappa shape index (κ3) is 15.1. The number of nitrogens with zero attached hydrogens (tertiary/aromatic N) is 2. The Morgan fingerprint density at radius 2 is 0.969 bits per heavy atom. The largest absolute Gasteiger partial charge is 0.256 e. The zero-order valence-electron chi connectivity index (χ0n) is 22.5. The van der Waals surface area contributed by atoms with E-state index >= 15 is 0 Å². The molecule has 0 aliphatic heterocycles. The quantitative estimate of drug-likeness (QED) is 0.110. The molecule has 0 N–H and O–H groups in total. The Balaban J connectivity index is 2.02. The molecule has 1 aromatic heterocycles. The van der Waals surface area contributed by atoms with Gasteiger partial charge < -0.3 is 0 Å². The molecule has 1 heterocycles. The Morgan fingerprint density at radius 1 is 0.531 bits per heavy atom. The summed E-state index contributed by atoms with van der Waals surface area (Å²) in [5, 5.41) is 0. The van der Waals surface area contributed by atoms with Crippen LogP contribution in [0.3, 0.4) is 0 Å². The number of unbranched alkanes of at least 4 members (excludes halogenated alkanes) is 18. The van der Waals surface area contributed by atoms with Crippen LogP contribution in [0.25, 0.3) is 0 Å². The maximum Gasteiger partial charge on any atom is 0.256 e. The van der Waals surface area contributed by atoms with E-state index in [1.54, 1.807) is 5.82 Å². The molecule has 2 nitrogen and oxygen atoms in total. The van der Waals surface area contributed by atoms with E-state index in [2.05, 4.69) is 42.3 Å². The number of rotatable bonds is 24.